The highest BCUT2D eigenvalue weighted by atomic mass is 32.2. The van der Waals surface area contributed by atoms with Crippen LogP contribution in [-0.2, 0) is 14.3 Å². The molecule has 0 spiro atoms. The molecule has 2 aromatic rings. The molecule has 0 unspecified atom stereocenters. The summed E-state index contributed by atoms with van der Waals surface area (Å²) in [5.41, 5.74) is 1.38. The van der Waals surface area contributed by atoms with Crippen molar-refractivity contribution in [1.29, 1.82) is 0 Å². The highest BCUT2D eigenvalue weighted by Gasteiger charge is 2.37. The van der Waals surface area contributed by atoms with Gasteiger partial charge in [-0.2, -0.15) is 0 Å². The number of hydrogen-bond acceptors (Lipinski definition) is 8. The molecule has 0 atom stereocenters. The second-order valence-electron chi connectivity index (χ2n) is 7.21. The number of hydrogen-bond donors (Lipinski definition) is 0. The van der Waals surface area contributed by atoms with E-state index >= 15 is 0 Å². The van der Waals surface area contributed by atoms with Crippen molar-refractivity contribution >= 4 is 52.4 Å². The predicted molar refractivity (Wildman–Crippen MR) is 122 cm³/mol. The van der Waals surface area contributed by atoms with Gasteiger partial charge in [-0.3, -0.25) is 29.4 Å². The first kappa shape index (κ1) is 23.6. The number of thioether (sulfide) groups is 1. The third-order valence-electron chi connectivity index (χ3n) is 4.25. The van der Waals surface area contributed by atoms with Gasteiger partial charge in [0.2, 0.25) is 0 Å². The number of aryl methyl sites for hydroxylation is 1. The lowest BCUT2D eigenvalue weighted by atomic mass is 10.2. The number of carbonyl (C=O) groups is 3. The van der Waals surface area contributed by atoms with Crippen LogP contribution < -0.4 is 0 Å². The number of benzene rings is 2. The molecule has 0 aromatic heterocycles. The Morgan fingerprint density at radius 3 is 2.53 bits per heavy atom. The Kier molecular flexibility index (Phi) is 7.37. The first-order valence-electron chi connectivity index (χ1n) is 9.62. The summed E-state index contributed by atoms with van der Waals surface area (Å²) in [6.45, 7) is 4.81. The van der Waals surface area contributed by atoms with Crippen LogP contribution in [0.1, 0.15) is 25.0 Å². The lowest BCUT2D eigenvalue weighted by Crippen LogP contribution is -2.35. The van der Waals surface area contributed by atoms with Crippen molar-refractivity contribution in [2.75, 3.05) is 6.54 Å². The Morgan fingerprint density at radius 1 is 1.22 bits per heavy atom. The number of amides is 2. The first-order chi connectivity index (χ1) is 15.1. The summed E-state index contributed by atoms with van der Waals surface area (Å²) >= 11 is 1.94. The first-order valence-corrected chi connectivity index (χ1v) is 11.2. The minimum Gasteiger partial charge on any atom is -0.462 e. The molecule has 2 aromatic carbocycles. The maximum Gasteiger partial charge on any atom is 0.326 e. The average molecular weight is 473 g/mol. The van der Waals surface area contributed by atoms with E-state index in [0.717, 1.165) is 15.4 Å². The van der Waals surface area contributed by atoms with Crippen molar-refractivity contribution < 1.29 is 24.0 Å². The minimum atomic E-state index is -0.684. The second-order valence-corrected chi connectivity index (χ2v) is 9.31. The molecule has 1 aliphatic rings. The third-order valence-corrected chi connectivity index (χ3v) is 6.23. The van der Waals surface area contributed by atoms with Crippen LogP contribution in [0.2, 0.25) is 0 Å². The van der Waals surface area contributed by atoms with Crippen molar-refractivity contribution in [2.45, 2.75) is 36.7 Å². The van der Waals surface area contributed by atoms with Crippen LogP contribution in [-0.4, -0.2) is 39.6 Å². The Hall–Kier alpha value is -3.11. The van der Waals surface area contributed by atoms with Gasteiger partial charge < -0.3 is 4.74 Å². The van der Waals surface area contributed by atoms with Gasteiger partial charge in [0.25, 0.3) is 16.8 Å². The Bertz CT molecular complexity index is 1110. The minimum absolute atomic E-state index is 0.0839. The SMILES string of the molecule is Cc1ccc(Sc2ccc(/C=C3\SC(=O)N(CC(=O)OC(C)C)C3=O)cc2[N+](=O)[O-])cc1. The Morgan fingerprint density at radius 2 is 1.91 bits per heavy atom. The molecule has 3 rings (SSSR count). The molecule has 10 heteroatoms. The van der Waals surface area contributed by atoms with E-state index in [-0.39, 0.29) is 16.7 Å². The quantitative estimate of drug-likeness (QED) is 0.239. The zero-order valence-corrected chi connectivity index (χ0v) is 19.2. The number of nitro benzene ring substituents is 1. The molecule has 166 valence electrons. The van der Waals surface area contributed by atoms with E-state index in [2.05, 4.69) is 0 Å². The molecular formula is C22H20N2O6S2. The number of nitrogens with zero attached hydrogens (tertiary/aromatic N) is 2. The average Bonchev–Trinajstić information content (AvgIpc) is 2.97. The van der Waals surface area contributed by atoms with Crippen molar-refractivity contribution in [3.63, 3.8) is 0 Å². The molecule has 0 aliphatic carbocycles. The molecule has 2 amide bonds. The summed E-state index contributed by atoms with van der Waals surface area (Å²) in [6.07, 6.45) is 1.04. The summed E-state index contributed by atoms with van der Waals surface area (Å²) < 4.78 is 4.98. The molecule has 1 fully saturated rings. The summed E-state index contributed by atoms with van der Waals surface area (Å²) in [6, 6.07) is 12.2. The van der Waals surface area contributed by atoms with E-state index in [1.807, 2.05) is 31.2 Å². The predicted octanol–water partition coefficient (Wildman–Crippen LogP) is 5.04. The Labute approximate surface area is 193 Å². The van der Waals surface area contributed by atoms with Crippen LogP contribution in [0.15, 0.2) is 57.2 Å². The summed E-state index contributed by atoms with van der Waals surface area (Å²) in [5, 5.41) is 11.0. The third kappa shape index (κ3) is 5.77. The van der Waals surface area contributed by atoms with Crippen molar-refractivity contribution in [3.8, 4) is 0 Å². The van der Waals surface area contributed by atoms with Crippen LogP contribution in [0, 0.1) is 17.0 Å². The van der Waals surface area contributed by atoms with Crippen LogP contribution >= 0.6 is 23.5 Å². The molecule has 0 saturated carbocycles. The van der Waals surface area contributed by atoms with Gasteiger partial charge in [-0.1, -0.05) is 35.5 Å². The van der Waals surface area contributed by atoms with Gasteiger partial charge in [0.1, 0.15) is 6.54 Å². The van der Waals surface area contributed by atoms with E-state index in [4.69, 9.17) is 4.74 Å². The highest BCUT2D eigenvalue weighted by molar-refractivity contribution is 8.18. The summed E-state index contributed by atoms with van der Waals surface area (Å²) in [7, 11) is 0. The van der Waals surface area contributed by atoms with Crippen LogP contribution in [0.4, 0.5) is 10.5 Å². The van der Waals surface area contributed by atoms with Crippen molar-refractivity contribution in [2.24, 2.45) is 0 Å². The van der Waals surface area contributed by atoms with Gasteiger partial charge in [0, 0.05) is 11.0 Å². The molecule has 32 heavy (non-hydrogen) atoms. The van der Waals surface area contributed by atoms with Crippen LogP contribution in [0.25, 0.3) is 6.08 Å². The number of esters is 1. The van der Waals surface area contributed by atoms with E-state index < -0.39 is 28.6 Å². The summed E-state index contributed by atoms with van der Waals surface area (Å²) in [4.78, 5) is 49.9. The number of carbonyl (C=O) groups excluding carboxylic acids is 3. The topological polar surface area (TPSA) is 107 Å². The molecule has 0 bridgehead atoms. The van der Waals surface area contributed by atoms with Crippen LogP contribution in [0.5, 0.6) is 0 Å². The molecule has 8 nitrogen and oxygen atoms in total. The van der Waals surface area contributed by atoms with E-state index in [1.165, 1.54) is 23.9 Å². The van der Waals surface area contributed by atoms with Gasteiger partial charge >= 0.3 is 5.97 Å². The molecule has 1 heterocycles. The molecular weight excluding hydrogens is 452 g/mol. The smallest absolute Gasteiger partial charge is 0.326 e. The van der Waals surface area contributed by atoms with Gasteiger partial charge in [0.05, 0.1) is 20.8 Å². The highest BCUT2D eigenvalue weighted by Crippen LogP contribution is 2.37. The zero-order chi connectivity index (χ0) is 23.4. The van der Waals surface area contributed by atoms with Gasteiger partial charge in [-0.05, 0) is 62.4 Å². The Balaban J connectivity index is 1.82. The molecule has 1 aliphatic heterocycles. The molecule has 0 N–H and O–H groups in total. The lowest BCUT2D eigenvalue weighted by molar-refractivity contribution is -0.387. The number of nitro groups is 1. The number of rotatable bonds is 7. The maximum atomic E-state index is 12.6. The number of ether oxygens (including phenoxy) is 1. The normalized spacial score (nSPS) is 15.0. The van der Waals surface area contributed by atoms with E-state index in [9.17, 15) is 24.5 Å². The van der Waals surface area contributed by atoms with E-state index in [1.54, 1.807) is 26.0 Å². The fourth-order valence-corrected chi connectivity index (χ4v) is 4.54. The maximum absolute atomic E-state index is 12.6. The van der Waals surface area contributed by atoms with Crippen molar-refractivity contribution in [1.82, 2.24) is 4.90 Å². The summed E-state index contributed by atoms with van der Waals surface area (Å²) in [5.74, 6) is -1.32. The lowest BCUT2D eigenvalue weighted by Gasteiger charge is -2.13. The van der Waals surface area contributed by atoms with Crippen LogP contribution in [0.3, 0.4) is 0 Å². The number of imide groups is 1. The van der Waals surface area contributed by atoms with Gasteiger partial charge in [0.15, 0.2) is 0 Å². The standard InChI is InChI=1S/C22H20N2O6S2/c1-13(2)30-20(25)12-23-21(26)19(32-22(23)27)11-15-6-9-18(17(10-15)24(28)29)31-16-7-4-14(3)5-8-16/h4-11,13H,12H2,1-3H3/b19-11-. The van der Waals surface area contributed by atoms with Gasteiger partial charge in [-0.25, -0.2) is 0 Å². The fraction of sp³-hybridized carbons (Fsp3) is 0.227. The molecule has 1 saturated heterocycles. The fourth-order valence-electron chi connectivity index (χ4n) is 2.80. The largest absolute Gasteiger partial charge is 0.462 e. The van der Waals surface area contributed by atoms with Gasteiger partial charge in [-0.15, -0.1) is 0 Å². The molecule has 0 radical (unpaired) electrons. The van der Waals surface area contributed by atoms with Crippen molar-refractivity contribution in [3.05, 3.63) is 68.6 Å². The second kappa shape index (κ2) is 10.0. The monoisotopic (exact) mass is 472 g/mol. The zero-order valence-electron chi connectivity index (χ0n) is 17.6. The van der Waals surface area contributed by atoms with E-state index in [0.29, 0.717) is 22.2 Å².